The van der Waals surface area contributed by atoms with Crippen molar-refractivity contribution in [2.24, 2.45) is 11.7 Å². The van der Waals surface area contributed by atoms with Gasteiger partial charge in [0.25, 0.3) is 0 Å². The van der Waals surface area contributed by atoms with E-state index >= 15 is 0 Å². The predicted octanol–water partition coefficient (Wildman–Crippen LogP) is 0.645. The number of primary amides is 1. The second kappa shape index (κ2) is 6.63. The van der Waals surface area contributed by atoms with Crippen molar-refractivity contribution in [1.29, 1.82) is 0 Å². The molecule has 2 fully saturated rings. The van der Waals surface area contributed by atoms with E-state index in [0.29, 0.717) is 12.0 Å². The Bertz CT molecular complexity index is 359. The zero-order chi connectivity index (χ0) is 15.6. The highest BCUT2D eigenvalue weighted by Gasteiger charge is 2.51. The van der Waals surface area contributed by atoms with E-state index in [0.717, 1.165) is 32.5 Å². The van der Waals surface area contributed by atoms with Crippen molar-refractivity contribution in [2.45, 2.75) is 57.2 Å². The Morgan fingerprint density at radius 3 is 2.24 bits per heavy atom. The molecule has 1 aliphatic heterocycles. The molecular formula is C16H32N4O. The summed E-state index contributed by atoms with van der Waals surface area (Å²) in [5, 5.41) is 3.51. The standard InChI is InChI=1S/C16H32N4O/c1-12(2)18-16(15(17)21,13-5-6-13)11-20-9-7-14(8-10-20)19(3)4/h12-14,18H,5-11H2,1-4H3,(H2,17,21). The Kier molecular flexibility index (Phi) is 5.28. The van der Waals surface area contributed by atoms with Gasteiger partial charge in [-0.3, -0.25) is 10.1 Å². The van der Waals surface area contributed by atoms with Crippen LogP contribution in [0.15, 0.2) is 0 Å². The average Bonchev–Trinajstić information content (AvgIpc) is 3.22. The van der Waals surface area contributed by atoms with Gasteiger partial charge in [0, 0.05) is 18.6 Å². The van der Waals surface area contributed by atoms with Crippen LogP contribution < -0.4 is 11.1 Å². The second-order valence-corrected chi connectivity index (χ2v) is 7.38. The van der Waals surface area contributed by atoms with Crippen LogP contribution in [0.25, 0.3) is 0 Å². The summed E-state index contributed by atoms with van der Waals surface area (Å²) in [6, 6.07) is 0.945. The van der Waals surface area contributed by atoms with Crippen LogP contribution in [0.5, 0.6) is 0 Å². The molecule has 2 aliphatic rings. The molecule has 0 aromatic heterocycles. The lowest BCUT2D eigenvalue weighted by Gasteiger charge is -2.42. The molecule has 1 atom stereocenters. The lowest BCUT2D eigenvalue weighted by molar-refractivity contribution is -0.126. The summed E-state index contributed by atoms with van der Waals surface area (Å²) in [6.45, 7) is 7.08. The van der Waals surface area contributed by atoms with Crippen molar-refractivity contribution in [3.8, 4) is 0 Å². The van der Waals surface area contributed by atoms with Crippen LogP contribution in [0.1, 0.15) is 39.5 Å². The number of rotatable bonds is 7. The van der Waals surface area contributed by atoms with Crippen molar-refractivity contribution in [2.75, 3.05) is 33.7 Å². The van der Waals surface area contributed by atoms with E-state index in [1.165, 1.54) is 12.8 Å². The molecule has 1 aliphatic carbocycles. The van der Waals surface area contributed by atoms with Crippen molar-refractivity contribution in [3.05, 3.63) is 0 Å². The minimum Gasteiger partial charge on any atom is -0.368 e. The maximum absolute atomic E-state index is 12.2. The summed E-state index contributed by atoms with van der Waals surface area (Å²) in [5.74, 6) is 0.248. The SMILES string of the molecule is CC(C)NC(CN1CCC(N(C)C)CC1)(C(N)=O)C1CC1. The molecular weight excluding hydrogens is 264 g/mol. The number of likely N-dealkylation sites (tertiary alicyclic amines) is 1. The van der Waals surface area contributed by atoms with E-state index in [2.05, 4.69) is 43.1 Å². The molecule has 0 bridgehead atoms. The number of carbonyl (C=O) groups excluding carboxylic acids is 1. The highest BCUT2D eigenvalue weighted by atomic mass is 16.1. The lowest BCUT2D eigenvalue weighted by Crippen LogP contribution is -2.65. The van der Waals surface area contributed by atoms with E-state index < -0.39 is 5.54 Å². The summed E-state index contributed by atoms with van der Waals surface area (Å²) in [4.78, 5) is 16.9. The molecule has 1 heterocycles. The molecule has 5 nitrogen and oxygen atoms in total. The Labute approximate surface area is 129 Å². The first-order valence-corrected chi connectivity index (χ1v) is 8.31. The predicted molar refractivity (Wildman–Crippen MR) is 86.1 cm³/mol. The zero-order valence-corrected chi connectivity index (χ0v) is 14.1. The molecule has 2 rings (SSSR count). The van der Waals surface area contributed by atoms with Gasteiger partial charge in [-0.25, -0.2) is 0 Å². The first kappa shape index (κ1) is 16.7. The third-order valence-electron chi connectivity index (χ3n) is 5.02. The number of nitrogens with two attached hydrogens (primary N) is 1. The maximum Gasteiger partial charge on any atom is 0.239 e. The van der Waals surface area contributed by atoms with E-state index in [9.17, 15) is 4.79 Å². The van der Waals surface area contributed by atoms with Crippen molar-refractivity contribution < 1.29 is 4.79 Å². The van der Waals surface area contributed by atoms with Crippen LogP contribution in [0.2, 0.25) is 0 Å². The zero-order valence-electron chi connectivity index (χ0n) is 14.1. The first-order chi connectivity index (χ1) is 9.85. The molecule has 0 aromatic carbocycles. The van der Waals surface area contributed by atoms with Crippen molar-refractivity contribution in [3.63, 3.8) is 0 Å². The largest absolute Gasteiger partial charge is 0.368 e. The molecule has 1 saturated carbocycles. The average molecular weight is 296 g/mol. The van der Waals surface area contributed by atoms with Crippen LogP contribution in [-0.4, -0.2) is 67.1 Å². The van der Waals surface area contributed by atoms with Crippen LogP contribution in [0, 0.1) is 5.92 Å². The summed E-state index contributed by atoms with van der Waals surface area (Å²) >= 11 is 0. The van der Waals surface area contributed by atoms with Gasteiger partial charge in [0.1, 0.15) is 5.54 Å². The molecule has 0 aromatic rings. The van der Waals surface area contributed by atoms with E-state index in [-0.39, 0.29) is 11.9 Å². The highest BCUT2D eigenvalue weighted by molar-refractivity contribution is 5.86. The van der Waals surface area contributed by atoms with Gasteiger partial charge in [-0.05, 0) is 72.6 Å². The Morgan fingerprint density at radius 2 is 1.86 bits per heavy atom. The van der Waals surface area contributed by atoms with Crippen molar-refractivity contribution >= 4 is 5.91 Å². The number of hydrogen-bond acceptors (Lipinski definition) is 4. The van der Waals surface area contributed by atoms with Crippen LogP contribution in [-0.2, 0) is 4.79 Å². The number of nitrogens with zero attached hydrogens (tertiary/aromatic N) is 2. The van der Waals surface area contributed by atoms with Gasteiger partial charge in [0.2, 0.25) is 5.91 Å². The second-order valence-electron chi connectivity index (χ2n) is 7.38. The molecule has 0 spiro atoms. The maximum atomic E-state index is 12.2. The first-order valence-electron chi connectivity index (χ1n) is 8.31. The summed E-state index contributed by atoms with van der Waals surface area (Å²) in [7, 11) is 4.30. The lowest BCUT2D eigenvalue weighted by atomic mass is 9.89. The minimum absolute atomic E-state index is 0.173. The third kappa shape index (κ3) is 3.96. The van der Waals surface area contributed by atoms with Gasteiger partial charge in [0.15, 0.2) is 0 Å². The molecule has 3 N–H and O–H groups in total. The third-order valence-corrected chi connectivity index (χ3v) is 5.02. The Balaban J connectivity index is 2.01. The van der Waals surface area contributed by atoms with E-state index in [1.807, 2.05) is 0 Å². The normalized spacial score (nSPS) is 24.5. The molecule has 21 heavy (non-hydrogen) atoms. The van der Waals surface area contributed by atoms with Crippen molar-refractivity contribution in [1.82, 2.24) is 15.1 Å². The molecule has 1 unspecified atom stereocenters. The summed E-state index contributed by atoms with van der Waals surface area (Å²) in [5.41, 5.74) is 5.29. The quantitative estimate of drug-likeness (QED) is 0.724. The van der Waals surface area contributed by atoms with Gasteiger partial charge in [-0.2, -0.15) is 0 Å². The minimum atomic E-state index is -0.529. The number of piperidine rings is 1. The molecule has 5 heteroatoms. The fraction of sp³-hybridized carbons (Fsp3) is 0.938. The number of nitrogens with one attached hydrogen (secondary N) is 1. The summed E-state index contributed by atoms with van der Waals surface area (Å²) < 4.78 is 0. The highest BCUT2D eigenvalue weighted by Crippen LogP contribution is 2.40. The molecule has 122 valence electrons. The topological polar surface area (TPSA) is 61.6 Å². The monoisotopic (exact) mass is 296 g/mol. The number of carbonyl (C=O) groups is 1. The van der Waals surface area contributed by atoms with E-state index in [1.54, 1.807) is 0 Å². The van der Waals surface area contributed by atoms with Gasteiger partial charge >= 0.3 is 0 Å². The van der Waals surface area contributed by atoms with E-state index in [4.69, 9.17) is 5.73 Å². The van der Waals surface area contributed by atoms with Gasteiger partial charge < -0.3 is 15.5 Å². The molecule has 1 saturated heterocycles. The van der Waals surface area contributed by atoms with Crippen LogP contribution >= 0.6 is 0 Å². The fourth-order valence-corrected chi connectivity index (χ4v) is 3.68. The smallest absolute Gasteiger partial charge is 0.239 e. The number of amides is 1. The Hall–Kier alpha value is -0.650. The Morgan fingerprint density at radius 1 is 1.29 bits per heavy atom. The van der Waals surface area contributed by atoms with Gasteiger partial charge in [0.05, 0.1) is 0 Å². The van der Waals surface area contributed by atoms with Gasteiger partial charge in [-0.1, -0.05) is 0 Å². The van der Waals surface area contributed by atoms with Crippen LogP contribution in [0.3, 0.4) is 0 Å². The van der Waals surface area contributed by atoms with Gasteiger partial charge in [-0.15, -0.1) is 0 Å². The molecule has 0 radical (unpaired) electrons. The number of hydrogen-bond donors (Lipinski definition) is 2. The summed E-state index contributed by atoms with van der Waals surface area (Å²) in [6.07, 6.45) is 4.59. The molecule has 1 amide bonds. The fourth-order valence-electron chi connectivity index (χ4n) is 3.68. The van der Waals surface area contributed by atoms with Crippen LogP contribution in [0.4, 0.5) is 0 Å².